The zero-order valence-electron chi connectivity index (χ0n) is 20.1. The van der Waals surface area contributed by atoms with Crippen LogP contribution in [-0.2, 0) is 10.0 Å². The summed E-state index contributed by atoms with van der Waals surface area (Å²) in [5, 5.41) is 5.76. The largest absolute Gasteiger partial charge is 0.495 e. The van der Waals surface area contributed by atoms with E-state index < -0.39 is 10.0 Å². The van der Waals surface area contributed by atoms with Crippen LogP contribution in [0.3, 0.4) is 0 Å². The Morgan fingerprint density at radius 3 is 2.47 bits per heavy atom. The van der Waals surface area contributed by atoms with Crippen LogP contribution < -0.4 is 20.1 Å². The van der Waals surface area contributed by atoms with Gasteiger partial charge in [0.25, 0.3) is 0 Å². The number of carbonyl (C=O) groups is 1. The molecule has 3 N–H and O–H groups in total. The van der Waals surface area contributed by atoms with Gasteiger partial charge in [-0.1, -0.05) is 12.1 Å². The van der Waals surface area contributed by atoms with Gasteiger partial charge in [-0.25, -0.2) is 17.9 Å². The van der Waals surface area contributed by atoms with Gasteiger partial charge in [0.05, 0.1) is 7.11 Å². The Bertz CT molecular complexity index is 1050. The molecule has 0 atom stereocenters. The first kappa shape index (κ1) is 25.9. The van der Waals surface area contributed by atoms with Crippen LogP contribution >= 0.6 is 0 Å². The van der Waals surface area contributed by atoms with Crippen LogP contribution in [0.25, 0.3) is 0 Å². The van der Waals surface area contributed by atoms with Crippen LogP contribution in [0.4, 0.5) is 10.5 Å². The number of carbonyl (C=O) groups excluding carboxylic acids is 1. The maximum atomic E-state index is 12.6. The minimum atomic E-state index is -3.60. The molecular weight excluding hydrogens is 454 g/mol. The molecule has 10 heteroatoms. The van der Waals surface area contributed by atoms with Crippen molar-refractivity contribution in [2.75, 3.05) is 45.2 Å². The Balaban J connectivity index is 1.33. The number of urea groups is 1. The average Bonchev–Trinajstić information content (AvgIpc) is 2.79. The van der Waals surface area contributed by atoms with Crippen LogP contribution in [-0.4, -0.2) is 64.2 Å². The molecule has 0 spiro atoms. The summed E-state index contributed by atoms with van der Waals surface area (Å²) in [6, 6.07) is 10.1. The highest BCUT2D eigenvalue weighted by atomic mass is 32.2. The van der Waals surface area contributed by atoms with Crippen molar-refractivity contribution in [3.8, 4) is 5.75 Å². The average molecular weight is 490 g/mol. The lowest BCUT2D eigenvalue weighted by molar-refractivity contribution is 0.180. The Kier molecular flexibility index (Phi) is 9.26. The molecule has 186 valence electrons. The summed E-state index contributed by atoms with van der Waals surface area (Å²) in [5.74, 6) is 0.822. The molecule has 2 amide bonds. The van der Waals surface area contributed by atoms with E-state index in [9.17, 15) is 13.2 Å². The zero-order chi connectivity index (χ0) is 24.6. The van der Waals surface area contributed by atoms with Crippen LogP contribution in [0, 0.1) is 19.8 Å². The third-order valence-corrected chi connectivity index (χ3v) is 7.46. The third-order valence-electron chi connectivity index (χ3n) is 5.96. The minimum Gasteiger partial charge on any atom is -0.495 e. The van der Waals surface area contributed by atoms with Crippen molar-refractivity contribution >= 4 is 21.7 Å². The predicted octanol–water partition coefficient (Wildman–Crippen LogP) is 2.91. The molecule has 0 radical (unpaired) electrons. The van der Waals surface area contributed by atoms with Gasteiger partial charge in [-0.15, -0.1) is 0 Å². The Hall–Kier alpha value is -2.69. The molecule has 0 unspecified atom stereocenters. The fraction of sp³-hybridized carbons (Fsp3) is 0.500. The number of likely N-dealkylation sites (tertiary alicyclic amines) is 1. The lowest BCUT2D eigenvalue weighted by Gasteiger charge is -2.32. The fourth-order valence-electron chi connectivity index (χ4n) is 4.22. The fourth-order valence-corrected chi connectivity index (χ4v) is 5.44. The number of aromatic nitrogens is 1. The van der Waals surface area contributed by atoms with E-state index in [1.165, 1.54) is 7.11 Å². The van der Waals surface area contributed by atoms with Gasteiger partial charge in [-0.05, 0) is 76.4 Å². The summed E-state index contributed by atoms with van der Waals surface area (Å²) < 4.78 is 33.0. The van der Waals surface area contributed by atoms with Crippen LogP contribution in [0.1, 0.15) is 30.7 Å². The molecular formula is C24H35N5O4S. The molecule has 2 aromatic rings. The molecule has 34 heavy (non-hydrogen) atoms. The van der Waals surface area contributed by atoms with Gasteiger partial charge in [0.2, 0.25) is 10.0 Å². The number of para-hydroxylation sites is 1. The van der Waals surface area contributed by atoms with Crippen molar-refractivity contribution in [2.24, 2.45) is 5.92 Å². The number of hydrogen-bond acceptors (Lipinski definition) is 6. The van der Waals surface area contributed by atoms with E-state index in [2.05, 4.69) is 25.2 Å². The van der Waals surface area contributed by atoms with Crippen LogP contribution in [0.2, 0.25) is 0 Å². The highest BCUT2D eigenvalue weighted by Gasteiger charge is 2.22. The van der Waals surface area contributed by atoms with Crippen molar-refractivity contribution in [3.05, 3.63) is 47.8 Å². The normalized spacial score (nSPS) is 15.1. The van der Waals surface area contributed by atoms with Gasteiger partial charge in [-0.3, -0.25) is 4.98 Å². The molecule has 2 heterocycles. The SMILES string of the molecule is COc1ccccc1S(=O)(=O)NCCC1CCN(CCNC(=O)Nc2cc(C)nc(C)c2)CC1. The molecule has 0 bridgehead atoms. The van der Waals surface area contributed by atoms with Gasteiger partial charge in [0, 0.05) is 36.7 Å². The van der Waals surface area contributed by atoms with E-state index in [1.54, 1.807) is 24.3 Å². The molecule has 9 nitrogen and oxygen atoms in total. The van der Waals surface area contributed by atoms with Gasteiger partial charge >= 0.3 is 6.03 Å². The quantitative estimate of drug-likeness (QED) is 0.473. The molecule has 1 aliphatic heterocycles. The van der Waals surface area contributed by atoms with E-state index in [0.29, 0.717) is 24.8 Å². The van der Waals surface area contributed by atoms with Gasteiger partial charge in [0.15, 0.2) is 0 Å². The minimum absolute atomic E-state index is 0.165. The Morgan fingerprint density at radius 2 is 1.79 bits per heavy atom. The highest BCUT2D eigenvalue weighted by molar-refractivity contribution is 7.89. The van der Waals surface area contributed by atoms with Crippen molar-refractivity contribution in [1.82, 2.24) is 19.9 Å². The maximum Gasteiger partial charge on any atom is 0.319 e. The lowest BCUT2D eigenvalue weighted by Crippen LogP contribution is -2.41. The van der Waals surface area contributed by atoms with E-state index in [4.69, 9.17) is 4.74 Å². The number of pyridine rings is 1. The van der Waals surface area contributed by atoms with E-state index in [1.807, 2.05) is 26.0 Å². The molecule has 1 saturated heterocycles. The van der Waals surface area contributed by atoms with E-state index in [-0.39, 0.29) is 10.9 Å². The number of hydrogen-bond donors (Lipinski definition) is 3. The molecule has 3 rings (SSSR count). The third kappa shape index (κ3) is 7.68. The molecule has 1 aromatic heterocycles. The van der Waals surface area contributed by atoms with E-state index >= 15 is 0 Å². The first-order valence-electron chi connectivity index (χ1n) is 11.6. The molecule has 1 fully saturated rings. The zero-order valence-corrected chi connectivity index (χ0v) is 21.0. The number of sulfonamides is 1. The summed E-state index contributed by atoms with van der Waals surface area (Å²) in [6.07, 6.45) is 2.82. The summed E-state index contributed by atoms with van der Waals surface area (Å²) in [7, 11) is -2.13. The van der Waals surface area contributed by atoms with Crippen molar-refractivity contribution in [1.29, 1.82) is 0 Å². The number of amides is 2. The number of ether oxygens (including phenoxy) is 1. The highest BCUT2D eigenvalue weighted by Crippen LogP contribution is 2.23. The molecule has 1 aromatic carbocycles. The second kappa shape index (κ2) is 12.1. The first-order valence-corrected chi connectivity index (χ1v) is 13.1. The second-order valence-electron chi connectivity index (χ2n) is 8.64. The monoisotopic (exact) mass is 489 g/mol. The summed E-state index contributed by atoms with van der Waals surface area (Å²) in [6.45, 7) is 7.43. The number of nitrogens with zero attached hydrogens (tertiary/aromatic N) is 2. The van der Waals surface area contributed by atoms with Crippen molar-refractivity contribution < 1.29 is 17.9 Å². The Morgan fingerprint density at radius 1 is 1.12 bits per heavy atom. The van der Waals surface area contributed by atoms with Crippen LogP contribution in [0.5, 0.6) is 5.75 Å². The number of nitrogens with one attached hydrogen (secondary N) is 3. The number of methoxy groups -OCH3 is 1. The molecule has 1 aliphatic rings. The van der Waals surface area contributed by atoms with Gasteiger partial charge < -0.3 is 20.3 Å². The smallest absolute Gasteiger partial charge is 0.319 e. The maximum absolute atomic E-state index is 12.6. The number of benzene rings is 1. The lowest BCUT2D eigenvalue weighted by atomic mass is 9.94. The van der Waals surface area contributed by atoms with E-state index in [0.717, 1.165) is 56.0 Å². The second-order valence-corrected chi connectivity index (χ2v) is 10.4. The standard InChI is InChI=1S/C24H35N5O4S/c1-18-16-21(17-19(2)27-18)28-24(30)25-12-15-29-13-9-20(10-14-29)8-11-26-34(31,32)23-7-5-4-6-22(23)33-3/h4-7,16-17,20,26H,8-15H2,1-3H3,(H2,25,27,28,30). The summed E-state index contributed by atoms with van der Waals surface area (Å²) in [4.78, 5) is 18.9. The number of anilines is 1. The van der Waals surface area contributed by atoms with Crippen LogP contribution in [0.15, 0.2) is 41.3 Å². The Labute approximate surface area is 202 Å². The molecule has 0 saturated carbocycles. The summed E-state index contributed by atoms with van der Waals surface area (Å²) >= 11 is 0. The molecule has 0 aliphatic carbocycles. The summed E-state index contributed by atoms with van der Waals surface area (Å²) in [5.41, 5.74) is 2.47. The number of rotatable bonds is 10. The van der Waals surface area contributed by atoms with Crippen molar-refractivity contribution in [2.45, 2.75) is 38.0 Å². The topological polar surface area (TPSA) is 113 Å². The first-order chi connectivity index (χ1) is 16.3. The number of piperidine rings is 1. The number of aryl methyl sites for hydroxylation is 2. The van der Waals surface area contributed by atoms with Gasteiger partial charge in [-0.2, -0.15) is 0 Å². The van der Waals surface area contributed by atoms with Gasteiger partial charge in [0.1, 0.15) is 10.6 Å². The predicted molar refractivity (Wildman–Crippen MR) is 133 cm³/mol. The van der Waals surface area contributed by atoms with Crippen molar-refractivity contribution in [3.63, 3.8) is 0 Å².